The van der Waals surface area contributed by atoms with Crippen LogP contribution in [0.5, 0.6) is 5.75 Å². The summed E-state index contributed by atoms with van der Waals surface area (Å²) >= 11 is 6.19. The summed E-state index contributed by atoms with van der Waals surface area (Å²) in [6.07, 6.45) is -0.271. The molecule has 1 fully saturated rings. The SMILES string of the molecule is C/C(=C1/SC(=S)N(C(CCC(N)=O)C(=O)O)C1=O)c1ccc(O)cc1. The van der Waals surface area contributed by atoms with Crippen molar-refractivity contribution in [2.45, 2.75) is 25.8 Å². The maximum Gasteiger partial charge on any atom is 0.326 e. The van der Waals surface area contributed by atoms with Crippen molar-refractivity contribution in [2.75, 3.05) is 0 Å². The van der Waals surface area contributed by atoms with Crippen molar-refractivity contribution in [3.63, 3.8) is 0 Å². The highest BCUT2D eigenvalue weighted by Gasteiger charge is 2.41. The van der Waals surface area contributed by atoms with Crippen molar-refractivity contribution in [2.24, 2.45) is 5.73 Å². The standard InChI is InChI=1S/C16H16N2O5S2/c1-8(9-2-4-10(19)5-3-9)13-14(21)18(16(24)25-13)11(15(22)23)6-7-12(17)20/h2-5,11,19H,6-7H2,1H3,(H2,17,20)(H,22,23)/b13-8-. The number of phenols is 1. The summed E-state index contributed by atoms with van der Waals surface area (Å²) in [5.74, 6) is -2.31. The minimum atomic E-state index is -1.25. The van der Waals surface area contributed by atoms with Crippen molar-refractivity contribution in [1.82, 2.24) is 4.90 Å². The molecule has 0 radical (unpaired) electrons. The molecule has 2 rings (SSSR count). The van der Waals surface area contributed by atoms with E-state index in [-0.39, 0.29) is 22.9 Å². The number of carbonyl (C=O) groups excluding carboxylic acids is 2. The van der Waals surface area contributed by atoms with Gasteiger partial charge in [0.05, 0.1) is 4.91 Å². The van der Waals surface area contributed by atoms with Gasteiger partial charge in [0.2, 0.25) is 5.91 Å². The predicted molar refractivity (Wildman–Crippen MR) is 97.6 cm³/mol. The molecular formula is C16H16N2O5S2. The molecule has 1 aromatic rings. The van der Waals surface area contributed by atoms with Crippen LogP contribution in [0.25, 0.3) is 5.57 Å². The Morgan fingerprint density at radius 3 is 2.44 bits per heavy atom. The molecule has 0 spiro atoms. The van der Waals surface area contributed by atoms with Crippen molar-refractivity contribution in [1.29, 1.82) is 0 Å². The van der Waals surface area contributed by atoms with Gasteiger partial charge in [-0.25, -0.2) is 4.79 Å². The number of phenolic OH excluding ortho intramolecular Hbond substituents is 1. The fraction of sp³-hybridized carbons (Fsp3) is 0.250. The third kappa shape index (κ3) is 4.18. The van der Waals surface area contributed by atoms with Crippen LogP contribution >= 0.6 is 24.0 Å². The second-order valence-electron chi connectivity index (χ2n) is 5.40. The van der Waals surface area contributed by atoms with Gasteiger partial charge in [-0.05, 0) is 36.6 Å². The number of hydrogen-bond donors (Lipinski definition) is 3. The molecule has 7 nitrogen and oxygen atoms in total. The molecule has 25 heavy (non-hydrogen) atoms. The van der Waals surface area contributed by atoms with Crippen LogP contribution in [0.1, 0.15) is 25.3 Å². The summed E-state index contributed by atoms with van der Waals surface area (Å²) in [5.41, 5.74) is 6.40. The van der Waals surface area contributed by atoms with E-state index in [1.165, 1.54) is 12.1 Å². The van der Waals surface area contributed by atoms with E-state index in [9.17, 15) is 24.6 Å². The summed E-state index contributed by atoms with van der Waals surface area (Å²) in [6.45, 7) is 1.72. The lowest BCUT2D eigenvalue weighted by atomic mass is 10.1. The number of carboxylic acids is 1. The number of benzene rings is 1. The van der Waals surface area contributed by atoms with E-state index in [2.05, 4.69) is 0 Å². The van der Waals surface area contributed by atoms with E-state index in [4.69, 9.17) is 18.0 Å². The summed E-state index contributed by atoms with van der Waals surface area (Å²) in [4.78, 5) is 36.5. The van der Waals surface area contributed by atoms with Gasteiger partial charge < -0.3 is 15.9 Å². The fourth-order valence-electron chi connectivity index (χ4n) is 2.36. The molecule has 1 heterocycles. The summed E-state index contributed by atoms with van der Waals surface area (Å²) < 4.78 is 0.120. The largest absolute Gasteiger partial charge is 0.508 e. The molecule has 4 N–H and O–H groups in total. The Morgan fingerprint density at radius 2 is 1.92 bits per heavy atom. The van der Waals surface area contributed by atoms with Crippen molar-refractivity contribution >= 4 is 51.7 Å². The first-order valence-corrected chi connectivity index (χ1v) is 8.51. The second kappa shape index (κ2) is 7.66. The molecule has 1 saturated heterocycles. The highest BCUT2D eigenvalue weighted by molar-refractivity contribution is 8.26. The van der Waals surface area contributed by atoms with E-state index in [0.29, 0.717) is 16.0 Å². The van der Waals surface area contributed by atoms with E-state index < -0.39 is 23.8 Å². The van der Waals surface area contributed by atoms with Crippen LogP contribution in [0.4, 0.5) is 0 Å². The molecule has 132 valence electrons. The van der Waals surface area contributed by atoms with Gasteiger partial charge in [-0.2, -0.15) is 0 Å². The van der Waals surface area contributed by atoms with Gasteiger partial charge in [-0.1, -0.05) is 36.1 Å². The zero-order valence-corrected chi connectivity index (χ0v) is 14.9. The zero-order valence-electron chi connectivity index (χ0n) is 13.3. The van der Waals surface area contributed by atoms with E-state index in [1.807, 2.05) is 0 Å². The van der Waals surface area contributed by atoms with Crippen LogP contribution in [0, 0.1) is 0 Å². The van der Waals surface area contributed by atoms with Crippen molar-refractivity contribution in [3.8, 4) is 5.75 Å². The summed E-state index contributed by atoms with van der Waals surface area (Å²) in [6, 6.07) is 5.04. The molecule has 1 unspecified atom stereocenters. The fourth-order valence-corrected chi connectivity index (χ4v) is 3.76. The number of amides is 2. The molecule has 0 aliphatic carbocycles. The molecule has 1 atom stereocenters. The maximum absolute atomic E-state index is 12.7. The van der Waals surface area contributed by atoms with Crippen LogP contribution in [0.3, 0.4) is 0 Å². The average molecular weight is 380 g/mol. The third-order valence-electron chi connectivity index (χ3n) is 3.70. The van der Waals surface area contributed by atoms with Crippen molar-refractivity contribution in [3.05, 3.63) is 34.7 Å². The first-order chi connectivity index (χ1) is 11.7. The summed E-state index contributed by atoms with van der Waals surface area (Å²) in [7, 11) is 0. The Balaban J connectivity index is 2.34. The molecule has 1 aromatic carbocycles. The van der Waals surface area contributed by atoms with Crippen LogP contribution < -0.4 is 5.73 Å². The van der Waals surface area contributed by atoms with E-state index in [1.54, 1.807) is 19.1 Å². The molecule has 0 bridgehead atoms. The molecule has 2 amide bonds. The van der Waals surface area contributed by atoms with Crippen LogP contribution in [0.2, 0.25) is 0 Å². The lowest BCUT2D eigenvalue weighted by Crippen LogP contribution is -2.44. The first-order valence-electron chi connectivity index (χ1n) is 7.29. The maximum atomic E-state index is 12.7. The van der Waals surface area contributed by atoms with Gasteiger partial charge in [0.25, 0.3) is 5.91 Å². The molecule has 1 aliphatic rings. The van der Waals surface area contributed by atoms with Crippen LogP contribution in [-0.2, 0) is 14.4 Å². The number of hydrogen-bond acceptors (Lipinski definition) is 6. The topological polar surface area (TPSA) is 121 Å². The number of thioether (sulfide) groups is 1. The number of carbonyl (C=O) groups is 3. The zero-order chi connectivity index (χ0) is 18.7. The Hall–Kier alpha value is -2.39. The quantitative estimate of drug-likeness (QED) is 0.507. The Morgan fingerprint density at radius 1 is 1.32 bits per heavy atom. The number of rotatable bonds is 6. The number of thiocarbonyl (C=S) groups is 1. The summed E-state index contributed by atoms with van der Waals surface area (Å²) in [5, 5.41) is 18.8. The van der Waals surface area contributed by atoms with Gasteiger partial charge in [-0.15, -0.1) is 0 Å². The number of aromatic hydroxyl groups is 1. The van der Waals surface area contributed by atoms with Gasteiger partial charge in [-0.3, -0.25) is 14.5 Å². The molecule has 0 aromatic heterocycles. The lowest BCUT2D eigenvalue weighted by Gasteiger charge is -2.22. The van der Waals surface area contributed by atoms with Gasteiger partial charge in [0.1, 0.15) is 16.1 Å². The Kier molecular flexibility index (Phi) is 5.81. The van der Waals surface area contributed by atoms with E-state index >= 15 is 0 Å². The minimum Gasteiger partial charge on any atom is -0.508 e. The Bertz CT molecular complexity index is 773. The number of carboxylic acid groups (broad SMARTS) is 1. The van der Waals surface area contributed by atoms with Gasteiger partial charge >= 0.3 is 5.97 Å². The normalized spacial score (nSPS) is 17.6. The van der Waals surface area contributed by atoms with Crippen LogP contribution in [0.15, 0.2) is 29.2 Å². The van der Waals surface area contributed by atoms with Gasteiger partial charge in [0.15, 0.2) is 0 Å². The number of allylic oxidation sites excluding steroid dienone is 1. The van der Waals surface area contributed by atoms with Crippen molar-refractivity contribution < 1.29 is 24.6 Å². The highest BCUT2D eigenvalue weighted by Crippen LogP contribution is 2.38. The van der Waals surface area contributed by atoms with E-state index in [0.717, 1.165) is 16.7 Å². The number of primary amides is 1. The first kappa shape index (κ1) is 18.9. The molecule has 0 saturated carbocycles. The third-order valence-corrected chi connectivity index (χ3v) is 5.20. The predicted octanol–water partition coefficient (Wildman–Crippen LogP) is 1.70. The molecule has 9 heteroatoms. The highest BCUT2D eigenvalue weighted by atomic mass is 32.2. The molecule has 1 aliphatic heterocycles. The number of nitrogens with two attached hydrogens (primary N) is 1. The van der Waals surface area contributed by atoms with Crippen LogP contribution in [-0.4, -0.2) is 43.3 Å². The Labute approximate surface area is 153 Å². The monoisotopic (exact) mass is 380 g/mol. The number of nitrogens with zero attached hydrogens (tertiary/aromatic N) is 1. The average Bonchev–Trinajstić information content (AvgIpc) is 2.83. The minimum absolute atomic E-state index is 0.0986. The number of aliphatic carboxylic acids is 1. The lowest BCUT2D eigenvalue weighted by molar-refractivity contribution is -0.145. The van der Waals surface area contributed by atoms with Gasteiger partial charge in [0, 0.05) is 6.42 Å². The smallest absolute Gasteiger partial charge is 0.326 e. The second-order valence-corrected chi connectivity index (χ2v) is 7.05. The molecular weight excluding hydrogens is 364 g/mol.